The molecule has 2 aliphatic carbocycles. The van der Waals surface area contributed by atoms with Crippen molar-refractivity contribution in [1.82, 2.24) is 5.32 Å². The van der Waals surface area contributed by atoms with E-state index in [1.54, 1.807) is 5.57 Å². The summed E-state index contributed by atoms with van der Waals surface area (Å²) < 4.78 is 0. The molecule has 0 spiro atoms. The van der Waals surface area contributed by atoms with Gasteiger partial charge in [-0.3, -0.25) is 0 Å². The molecule has 0 aromatic rings. The fourth-order valence-corrected chi connectivity index (χ4v) is 2.89. The fourth-order valence-electron chi connectivity index (χ4n) is 2.89. The van der Waals surface area contributed by atoms with Gasteiger partial charge in [0.1, 0.15) is 0 Å². The highest BCUT2D eigenvalue weighted by atomic mass is 14.9. The molecule has 1 fully saturated rings. The van der Waals surface area contributed by atoms with Crippen LogP contribution in [0.5, 0.6) is 0 Å². The lowest BCUT2D eigenvalue weighted by atomic mass is 9.96. The van der Waals surface area contributed by atoms with Crippen molar-refractivity contribution in [2.24, 2.45) is 11.3 Å². The Bertz CT molecular complexity index is 252. The molecule has 1 nitrogen and oxygen atoms in total. The molecule has 1 saturated carbocycles. The van der Waals surface area contributed by atoms with Gasteiger partial charge in [0, 0.05) is 6.04 Å². The van der Waals surface area contributed by atoms with E-state index in [1.807, 2.05) is 0 Å². The van der Waals surface area contributed by atoms with Crippen LogP contribution in [0.25, 0.3) is 0 Å². The summed E-state index contributed by atoms with van der Waals surface area (Å²) in [4.78, 5) is 0. The molecule has 0 saturated heterocycles. The normalized spacial score (nSPS) is 30.1. The van der Waals surface area contributed by atoms with Gasteiger partial charge in [-0.15, -0.1) is 0 Å². The van der Waals surface area contributed by atoms with Crippen LogP contribution in [0, 0.1) is 11.3 Å². The standard InChI is InChI=1S/C14H25N/c1-4-9-15-13(11-7-5-6-8-11)12-10-14(12,2)3/h7,12-13,15H,4-6,8-10H2,1-3H3. The first-order chi connectivity index (χ1) is 7.15. The van der Waals surface area contributed by atoms with Crippen molar-refractivity contribution >= 4 is 0 Å². The van der Waals surface area contributed by atoms with Gasteiger partial charge in [-0.2, -0.15) is 0 Å². The quantitative estimate of drug-likeness (QED) is 0.680. The zero-order chi connectivity index (χ0) is 10.9. The molecular weight excluding hydrogens is 182 g/mol. The van der Waals surface area contributed by atoms with E-state index in [0.29, 0.717) is 11.5 Å². The predicted molar refractivity (Wildman–Crippen MR) is 65.9 cm³/mol. The summed E-state index contributed by atoms with van der Waals surface area (Å²) in [5.74, 6) is 0.897. The molecule has 86 valence electrons. The minimum absolute atomic E-state index is 0.592. The molecule has 2 atom stereocenters. The Hall–Kier alpha value is -0.300. The van der Waals surface area contributed by atoms with Gasteiger partial charge >= 0.3 is 0 Å². The van der Waals surface area contributed by atoms with E-state index in [4.69, 9.17) is 0 Å². The molecule has 0 heterocycles. The molecule has 2 aliphatic rings. The van der Waals surface area contributed by atoms with Crippen molar-refractivity contribution in [2.45, 2.75) is 58.9 Å². The van der Waals surface area contributed by atoms with Gasteiger partial charge in [-0.1, -0.05) is 32.4 Å². The van der Waals surface area contributed by atoms with Crippen LogP contribution in [0.2, 0.25) is 0 Å². The van der Waals surface area contributed by atoms with Crippen molar-refractivity contribution in [2.75, 3.05) is 6.54 Å². The maximum absolute atomic E-state index is 3.76. The number of hydrogen-bond donors (Lipinski definition) is 1. The molecule has 1 N–H and O–H groups in total. The average Bonchev–Trinajstić information content (AvgIpc) is 2.68. The van der Waals surface area contributed by atoms with Crippen LogP contribution in [0.3, 0.4) is 0 Å². The van der Waals surface area contributed by atoms with Crippen LogP contribution < -0.4 is 5.32 Å². The summed E-state index contributed by atoms with van der Waals surface area (Å²) >= 11 is 0. The lowest BCUT2D eigenvalue weighted by Gasteiger charge is -2.21. The van der Waals surface area contributed by atoms with E-state index in [9.17, 15) is 0 Å². The van der Waals surface area contributed by atoms with E-state index < -0.39 is 0 Å². The van der Waals surface area contributed by atoms with Crippen LogP contribution >= 0.6 is 0 Å². The van der Waals surface area contributed by atoms with Crippen molar-refractivity contribution < 1.29 is 0 Å². The first-order valence-electron chi connectivity index (χ1n) is 6.57. The second-order valence-electron chi connectivity index (χ2n) is 5.90. The minimum Gasteiger partial charge on any atom is -0.310 e. The lowest BCUT2D eigenvalue weighted by Crippen LogP contribution is -2.34. The SMILES string of the molecule is CCCNC(C1=CCCC1)C1CC1(C)C. The summed E-state index contributed by atoms with van der Waals surface area (Å²) in [5.41, 5.74) is 2.30. The summed E-state index contributed by atoms with van der Waals surface area (Å²) in [6.45, 7) is 8.25. The third-order valence-corrected chi connectivity index (χ3v) is 4.08. The maximum atomic E-state index is 3.76. The smallest absolute Gasteiger partial charge is 0.0313 e. The molecule has 15 heavy (non-hydrogen) atoms. The maximum Gasteiger partial charge on any atom is 0.0313 e. The third-order valence-electron chi connectivity index (χ3n) is 4.08. The third kappa shape index (κ3) is 2.44. The lowest BCUT2D eigenvalue weighted by molar-refractivity contribution is 0.438. The Labute approximate surface area is 94.3 Å². The van der Waals surface area contributed by atoms with Gasteiger partial charge in [0.2, 0.25) is 0 Å². The largest absolute Gasteiger partial charge is 0.310 e. The van der Waals surface area contributed by atoms with Gasteiger partial charge in [0.05, 0.1) is 0 Å². The molecule has 0 amide bonds. The molecule has 0 aromatic heterocycles. The summed E-state index contributed by atoms with van der Waals surface area (Å²) in [5, 5.41) is 3.76. The van der Waals surface area contributed by atoms with Crippen LogP contribution in [0.1, 0.15) is 52.9 Å². The van der Waals surface area contributed by atoms with Gasteiger partial charge in [0.25, 0.3) is 0 Å². The molecule has 2 unspecified atom stereocenters. The Balaban J connectivity index is 1.97. The van der Waals surface area contributed by atoms with Crippen molar-refractivity contribution in [3.05, 3.63) is 11.6 Å². The van der Waals surface area contributed by atoms with E-state index in [2.05, 4.69) is 32.2 Å². The zero-order valence-corrected chi connectivity index (χ0v) is 10.5. The van der Waals surface area contributed by atoms with Gasteiger partial charge < -0.3 is 5.32 Å². The Morgan fingerprint density at radius 2 is 2.27 bits per heavy atom. The fraction of sp³-hybridized carbons (Fsp3) is 0.857. The Morgan fingerprint density at radius 1 is 1.53 bits per heavy atom. The molecule has 2 rings (SSSR count). The topological polar surface area (TPSA) is 12.0 Å². The van der Waals surface area contributed by atoms with E-state index >= 15 is 0 Å². The second kappa shape index (κ2) is 4.29. The molecule has 0 bridgehead atoms. The Morgan fingerprint density at radius 3 is 2.73 bits per heavy atom. The van der Waals surface area contributed by atoms with Crippen LogP contribution in [-0.4, -0.2) is 12.6 Å². The van der Waals surface area contributed by atoms with Gasteiger partial charge in [-0.25, -0.2) is 0 Å². The number of rotatable bonds is 5. The summed E-state index contributed by atoms with van der Waals surface area (Å²) in [7, 11) is 0. The van der Waals surface area contributed by atoms with Gasteiger partial charge in [0.15, 0.2) is 0 Å². The van der Waals surface area contributed by atoms with Crippen LogP contribution in [0.15, 0.2) is 11.6 Å². The van der Waals surface area contributed by atoms with Crippen molar-refractivity contribution in [3.63, 3.8) is 0 Å². The summed E-state index contributed by atoms with van der Waals surface area (Å²) in [6, 6.07) is 0.697. The minimum atomic E-state index is 0.592. The Kier molecular flexibility index (Phi) is 3.20. The predicted octanol–water partition coefficient (Wildman–Crippen LogP) is 3.51. The highest BCUT2D eigenvalue weighted by Gasteiger charge is 2.50. The highest BCUT2D eigenvalue weighted by molar-refractivity contribution is 5.21. The van der Waals surface area contributed by atoms with E-state index in [0.717, 1.165) is 5.92 Å². The first kappa shape index (κ1) is 11.2. The average molecular weight is 207 g/mol. The molecule has 0 aliphatic heterocycles. The number of nitrogens with one attached hydrogen (secondary N) is 1. The van der Waals surface area contributed by atoms with Crippen molar-refractivity contribution in [3.8, 4) is 0 Å². The molecule has 0 radical (unpaired) electrons. The summed E-state index contributed by atoms with van der Waals surface area (Å²) in [6.07, 6.45) is 9.18. The van der Waals surface area contributed by atoms with E-state index in [-0.39, 0.29) is 0 Å². The number of allylic oxidation sites excluding steroid dienone is 1. The van der Waals surface area contributed by atoms with E-state index in [1.165, 1.54) is 38.6 Å². The first-order valence-corrected chi connectivity index (χ1v) is 6.57. The monoisotopic (exact) mass is 207 g/mol. The zero-order valence-electron chi connectivity index (χ0n) is 10.5. The molecular formula is C14H25N. The molecule has 1 heteroatoms. The van der Waals surface area contributed by atoms with Crippen LogP contribution in [-0.2, 0) is 0 Å². The molecule has 0 aromatic carbocycles. The second-order valence-corrected chi connectivity index (χ2v) is 5.90. The highest BCUT2D eigenvalue weighted by Crippen LogP contribution is 2.55. The van der Waals surface area contributed by atoms with Crippen molar-refractivity contribution in [1.29, 1.82) is 0 Å². The number of hydrogen-bond acceptors (Lipinski definition) is 1. The van der Waals surface area contributed by atoms with Crippen LogP contribution in [0.4, 0.5) is 0 Å². The van der Waals surface area contributed by atoms with Gasteiger partial charge in [-0.05, 0) is 50.0 Å².